The van der Waals surface area contributed by atoms with Gasteiger partial charge in [-0.05, 0) is 29.7 Å². The quantitative estimate of drug-likeness (QED) is 0.752. The van der Waals surface area contributed by atoms with Gasteiger partial charge in [0.25, 0.3) is 0 Å². The number of carbonyl (C=O) groups is 1. The van der Waals surface area contributed by atoms with Gasteiger partial charge in [0.15, 0.2) is 11.5 Å². The molecule has 0 saturated heterocycles. The van der Waals surface area contributed by atoms with Crippen LogP contribution in [0.2, 0.25) is 0 Å². The van der Waals surface area contributed by atoms with Gasteiger partial charge in [-0.15, -0.1) is 0 Å². The van der Waals surface area contributed by atoms with Gasteiger partial charge in [-0.3, -0.25) is 4.79 Å². The summed E-state index contributed by atoms with van der Waals surface area (Å²) in [6.07, 6.45) is 2.40. The Morgan fingerprint density at radius 1 is 1.04 bits per heavy atom. The second-order valence-electron chi connectivity index (χ2n) is 5.44. The lowest BCUT2D eigenvalue weighted by Gasteiger charge is -2.11. The van der Waals surface area contributed by atoms with Crippen LogP contribution in [0.15, 0.2) is 54.7 Å². The van der Waals surface area contributed by atoms with Gasteiger partial charge < -0.3 is 19.4 Å². The molecule has 3 rings (SSSR count). The summed E-state index contributed by atoms with van der Waals surface area (Å²) in [5.41, 5.74) is 1.83. The molecule has 0 unspecified atom stereocenters. The highest BCUT2D eigenvalue weighted by molar-refractivity contribution is 5.91. The van der Waals surface area contributed by atoms with E-state index in [9.17, 15) is 4.79 Å². The minimum atomic E-state index is -0.0417. The molecular weight excluding hydrogens is 304 g/mol. The fourth-order valence-electron chi connectivity index (χ4n) is 2.70. The Balaban J connectivity index is 1.63. The van der Waals surface area contributed by atoms with Crippen molar-refractivity contribution in [2.75, 3.05) is 19.5 Å². The SMILES string of the molecule is COc1ccc(NC(=O)CCn2ccc3ccccc32)cc1OC. The number of methoxy groups -OCH3 is 2. The summed E-state index contributed by atoms with van der Waals surface area (Å²) >= 11 is 0. The van der Waals surface area contributed by atoms with Crippen molar-refractivity contribution in [3.63, 3.8) is 0 Å². The zero-order chi connectivity index (χ0) is 16.9. The molecule has 0 spiro atoms. The molecule has 124 valence electrons. The number of carbonyl (C=O) groups excluding carboxylic acids is 1. The van der Waals surface area contributed by atoms with Crippen LogP contribution in [0.3, 0.4) is 0 Å². The minimum Gasteiger partial charge on any atom is -0.493 e. The summed E-state index contributed by atoms with van der Waals surface area (Å²) in [6.45, 7) is 0.632. The zero-order valence-electron chi connectivity index (χ0n) is 13.8. The molecule has 0 aliphatic rings. The monoisotopic (exact) mass is 324 g/mol. The molecule has 0 atom stereocenters. The first-order chi connectivity index (χ1) is 11.7. The Morgan fingerprint density at radius 3 is 2.62 bits per heavy atom. The number of para-hydroxylation sites is 1. The molecule has 0 aliphatic heterocycles. The maximum atomic E-state index is 12.2. The number of nitrogens with zero attached hydrogens (tertiary/aromatic N) is 1. The van der Waals surface area contributed by atoms with Crippen LogP contribution in [-0.4, -0.2) is 24.7 Å². The summed E-state index contributed by atoms with van der Waals surface area (Å²) in [7, 11) is 3.15. The van der Waals surface area contributed by atoms with Crippen molar-refractivity contribution in [2.45, 2.75) is 13.0 Å². The van der Waals surface area contributed by atoms with E-state index < -0.39 is 0 Å². The van der Waals surface area contributed by atoms with E-state index in [1.807, 2.05) is 18.3 Å². The Morgan fingerprint density at radius 2 is 1.83 bits per heavy atom. The smallest absolute Gasteiger partial charge is 0.226 e. The third kappa shape index (κ3) is 3.35. The van der Waals surface area contributed by atoms with Gasteiger partial charge in [0.2, 0.25) is 5.91 Å². The molecule has 2 aromatic carbocycles. The van der Waals surface area contributed by atoms with Crippen LogP contribution in [0.25, 0.3) is 10.9 Å². The van der Waals surface area contributed by atoms with Crippen LogP contribution in [-0.2, 0) is 11.3 Å². The molecule has 0 aliphatic carbocycles. The predicted molar refractivity (Wildman–Crippen MR) is 94.7 cm³/mol. The molecule has 0 fully saturated rings. The summed E-state index contributed by atoms with van der Waals surface area (Å²) in [5.74, 6) is 1.18. The molecule has 24 heavy (non-hydrogen) atoms. The van der Waals surface area contributed by atoms with E-state index in [4.69, 9.17) is 9.47 Å². The summed E-state index contributed by atoms with van der Waals surface area (Å²) in [4.78, 5) is 12.2. The molecule has 5 heteroatoms. The van der Waals surface area contributed by atoms with Gasteiger partial charge in [0.05, 0.1) is 14.2 Å². The van der Waals surface area contributed by atoms with Crippen molar-refractivity contribution in [1.29, 1.82) is 0 Å². The van der Waals surface area contributed by atoms with Crippen molar-refractivity contribution in [1.82, 2.24) is 4.57 Å². The lowest BCUT2D eigenvalue weighted by Crippen LogP contribution is -2.14. The Hall–Kier alpha value is -2.95. The highest BCUT2D eigenvalue weighted by Gasteiger charge is 2.08. The maximum Gasteiger partial charge on any atom is 0.226 e. The number of aromatic nitrogens is 1. The second-order valence-corrected chi connectivity index (χ2v) is 5.44. The van der Waals surface area contributed by atoms with Crippen LogP contribution in [0.5, 0.6) is 11.5 Å². The van der Waals surface area contributed by atoms with Gasteiger partial charge in [-0.2, -0.15) is 0 Å². The maximum absolute atomic E-state index is 12.2. The molecule has 1 N–H and O–H groups in total. The van der Waals surface area contributed by atoms with Crippen molar-refractivity contribution in [2.24, 2.45) is 0 Å². The molecule has 0 radical (unpaired) electrons. The van der Waals surface area contributed by atoms with Crippen LogP contribution in [0, 0.1) is 0 Å². The largest absolute Gasteiger partial charge is 0.493 e. The van der Waals surface area contributed by atoms with E-state index >= 15 is 0 Å². The molecule has 0 bridgehead atoms. The van der Waals surface area contributed by atoms with Gasteiger partial charge in [-0.1, -0.05) is 18.2 Å². The topological polar surface area (TPSA) is 52.5 Å². The van der Waals surface area contributed by atoms with Crippen molar-refractivity contribution < 1.29 is 14.3 Å². The van der Waals surface area contributed by atoms with Crippen molar-refractivity contribution in [3.05, 3.63) is 54.7 Å². The molecule has 1 amide bonds. The molecular formula is C19H20N2O3. The lowest BCUT2D eigenvalue weighted by molar-refractivity contribution is -0.116. The number of hydrogen-bond donors (Lipinski definition) is 1. The lowest BCUT2D eigenvalue weighted by atomic mass is 10.2. The number of benzene rings is 2. The van der Waals surface area contributed by atoms with E-state index in [0.29, 0.717) is 30.2 Å². The Bertz CT molecular complexity index is 855. The van der Waals surface area contributed by atoms with Crippen LogP contribution < -0.4 is 14.8 Å². The van der Waals surface area contributed by atoms with Crippen LogP contribution >= 0.6 is 0 Å². The summed E-state index contributed by atoms with van der Waals surface area (Å²) in [5, 5.41) is 4.07. The number of ether oxygens (including phenoxy) is 2. The van der Waals surface area contributed by atoms with E-state index in [1.165, 1.54) is 5.39 Å². The van der Waals surface area contributed by atoms with Crippen molar-refractivity contribution >= 4 is 22.5 Å². The first kappa shape index (κ1) is 15.9. The third-order valence-electron chi connectivity index (χ3n) is 3.93. The first-order valence-corrected chi connectivity index (χ1v) is 7.77. The number of amides is 1. The fraction of sp³-hybridized carbons (Fsp3) is 0.211. The van der Waals surface area contributed by atoms with Gasteiger partial charge in [0.1, 0.15) is 0 Å². The Kier molecular flexibility index (Phi) is 4.70. The standard InChI is InChI=1S/C19H20N2O3/c1-23-17-8-7-15(13-18(17)24-2)20-19(22)10-12-21-11-9-14-5-3-4-6-16(14)21/h3-9,11,13H,10,12H2,1-2H3,(H,20,22). The predicted octanol–water partition coefficient (Wildman–Crippen LogP) is 3.69. The third-order valence-corrected chi connectivity index (χ3v) is 3.93. The van der Waals surface area contributed by atoms with Gasteiger partial charge in [-0.25, -0.2) is 0 Å². The number of nitrogens with one attached hydrogen (secondary N) is 1. The minimum absolute atomic E-state index is 0.0417. The van der Waals surface area contributed by atoms with Gasteiger partial charge >= 0.3 is 0 Å². The summed E-state index contributed by atoms with van der Waals surface area (Å²) in [6, 6.07) is 15.5. The molecule has 0 saturated carbocycles. The summed E-state index contributed by atoms with van der Waals surface area (Å²) < 4.78 is 12.5. The van der Waals surface area contributed by atoms with E-state index in [-0.39, 0.29) is 5.91 Å². The van der Waals surface area contributed by atoms with E-state index in [1.54, 1.807) is 32.4 Å². The normalized spacial score (nSPS) is 10.6. The number of anilines is 1. The fourth-order valence-corrected chi connectivity index (χ4v) is 2.70. The molecule has 5 nitrogen and oxygen atoms in total. The molecule has 1 heterocycles. The van der Waals surface area contributed by atoms with E-state index in [2.05, 4.69) is 28.1 Å². The van der Waals surface area contributed by atoms with Crippen LogP contribution in [0.4, 0.5) is 5.69 Å². The number of fused-ring (bicyclic) bond motifs is 1. The first-order valence-electron chi connectivity index (χ1n) is 7.77. The Labute approximate surface area is 140 Å². The zero-order valence-corrected chi connectivity index (χ0v) is 13.8. The second kappa shape index (κ2) is 7.08. The highest BCUT2D eigenvalue weighted by atomic mass is 16.5. The van der Waals surface area contributed by atoms with E-state index in [0.717, 1.165) is 5.52 Å². The highest BCUT2D eigenvalue weighted by Crippen LogP contribution is 2.29. The average Bonchev–Trinajstić information content (AvgIpc) is 3.03. The molecule has 1 aromatic heterocycles. The number of rotatable bonds is 6. The number of aryl methyl sites for hydroxylation is 1. The molecule has 3 aromatic rings. The average molecular weight is 324 g/mol. The van der Waals surface area contributed by atoms with Crippen molar-refractivity contribution in [3.8, 4) is 11.5 Å². The van der Waals surface area contributed by atoms with Crippen LogP contribution in [0.1, 0.15) is 6.42 Å². The van der Waals surface area contributed by atoms with Gasteiger partial charge in [0, 0.05) is 36.4 Å². The number of hydrogen-bond acceptors (Lipinski definition) is 3.